The van der Waals surface area contributed by atoms with E-state index in [1.807, 2.05) is 24.3 Å². The number of rotatable bonds is 10. The van der Waals surface area contributed by atoms with Gasteiger partial charge in [-0.05, 0) is 62.3 Å². The van der Waals surface area contributed by atoms with Gasteiger partial charge < -0.3 is 14.5 Å². The lowest BCUT2D eigenvalue weighted by atomic mass is 9.94. The number of piperidine rings is 1. The number of hydrogen-bond donors (Lipinski definition) is 2. The third-order valence-corrected chi connectivity index (χ3v) is 10.1. The van der Waals surface area contributed by atoms with Crippen molar-refractivity contribution in [3.8, 4) is 5.75 Å². The normalized spacial score (nSPS) is 20.7. The second-order valence-electron chi connectivity index (χ2n) is 9.77. The van der Waals surface area contributed by atoms with Gasteiger partial charge in [0.2, 0.25) is 10.0 Å². The van der Waals surface area contributed by atoms with E-state index >= 15 is 0 Å². The van der Waals surface area contributed by atoms with Crippen LogP contribution in [0.25, 0.3) is 0 Å². The van der Waals surface area contributed by atoms with Crippen molar-refractivity contribution in [2.45, 2.75) is 50.2 Å². The number of piperazine rings is 1. The quantitative estimate of drug-likeness (QED) is 0.255. The van der Waals surface area contributed by atoms with Crippen LogP contribution in [0.5, 0.6) is 5.75 Å². The van der Waals surface area contributed by atoms with Gasteiger partial charge in [-0.1, -0.05) is 13.3 Å². The van der Waals surface area contributed by atoms with Gasteiger partial charge in [0.1, 0.15) is 5.75 Å². The van der Waals surface area contributed by atoms with Crippen LogP contribution in [0.15, 0.2) is 24.3 Å². The Morgan fingerprint density at radius 1 is 1.06 bits per heavy atom. The number of benzene rings is 1. The summed E-state index contributed by atoms with van der Waals surface area (Å²) in [6.45, 7) is 6.60. The van der Waals surface area contributed by atoms with Crippen LogP contribution < -0.4 is 15.1 Å². The Hall–Kier alpha value is -1.30. The Morgan fingerprint density at radius 2 is 1.67 bits per heavy atom. The molecule has 2 aliphatic heterocycles. The molecule has 1 aliphatic carbocycles. The monoisotopic (exact) mass is 566 g/mol. The lowest BCUT2D eigenvalue weighted by Crippen LogP contribution is -2.63. The molecule has 1 amide bonds. The average molecular weight is 568 g/mol. The van der Waals surface area contributed by atoms with Crippen molar-refractivity contribution >= 4 is 46.4 Å². The van der Waals surface area contributed by atoms with Gasteiger partial charge in [0.15, 0.2) is 4.75 Å². The Balaban J connectivity index is 0.00000228. The second-order valence-corrected chi connectivity index (χ2v) is 12.0. The zero-order valence-electron chi connectivity index (χ0n) is 20.9. The first-order chi connectivity index (χ1) is 16.4. The molecule has 3 aliphatic rings. The Morgan fingerprint density at radius 3 is 2.19 bits per heavy atom. The number of ether oxygens (including phenoxy) is 1. The SMILES string of the molecule is CCCCOc1ccc(N2CCN(S(=O)(=O)C3(C(=O)NO)CCN(CC4CC4)CC3)CC2)cc1.Cl.Cl. The van der Waals surface area contributed by atoms with Gasteiger partial charge in [0.25, 0.3) is 5.91 Å². The summed E-state index contributed by atoms with van der Waals surface area (Å²) in [5, 5.41) is 9.40. The molecule has 0 aromatic heterocycles. The average Bonchev–Trinajstić information content (AvgIpc) is 3.69. The molecule has 2 saturated heterocycles. The van der Waals surface area contributed by atoms with Gasteiger partial charge in [-0.3, -0.25) is 10.0 Å². The number of anilines is 1. The number of halogens is 2. The molecule has 1 aromatic rings. The minimum Gasteiger partial charge on any atom is -0.494 e. The van der Waals surface area contributed by atoms with Crippen molar-refractivity contribution in [1.82, 2.24) is 14.7 Å². The van der Waals surface area contributed by atoms with Gasteiger partial charge >= 0.3 is 0 Å². The van der Waals surface area contributed by atoms with Crippen LogP contribution in [0.3, 0.4) is 0 Å². The summed E-state index contributed by atoms with van der Waals surface area (Å²) in [4.78, 5) is 17.1. The molecule has 206 valence electrons. The van der Waals surface area contributed by atoms with Gasteiger partial charge in [-0.15, -0.1) is 24.8 Å². The summed E-state index contributed by atoms with van der Waals surface area (Å²) in [6, 6.07) is 7.90. The number of unbranched alkanes of at least 4 members (excludes halogenated alkanes) is 1. The number of nitrogens with one attached hydrogen (secondary N) is 1. The fourth-order valence-corrected chi connectivity index (χ4v) is 7.10. The van der Waals surface area contributed by atoms with E-state index in [-0.39, 0.29) is 37.7 Å². The van der Waals surface area contributed by atoms with E-state index in [2.05, 4.69) is 16.7 Å². The molecule has 36 heavy (non-hydrogen) atoms. The smallest absolute Gasteiger partial charge is 0.266 e. The van der Waals surface area contributed by atoms with Crippen LogP contribution >= 0.6 is 24.8 Å². The first-order valence-electron chi connectivity index (χ1n) is 12.5. The standard InChI is InChI=1S/C24H38N4O5S.2ClH/c1-2-3-18-33-22-8-6-21(7-9-22)27-14-16-28(17-15-27)34(31,32)24(23(29)25-30)10-12-26(13-11-24)19-20-4-5-20;;/h6-9,20,30H,2-5,10-19H2,1H3,(H,25,29);2*1H. The van der Waals surface area contributed by atoms with E-state index < -0.39 is 20.7 Å². The maximum Gasteiger partial charge on any atom is 0.266 e. The summed E-state index contributed by atoms with van der Waals surface area (Å²) in [5.74, 6) is 0.740. The van der Waals surface area contributed by atoms with E-state index in [0.717, 1.165) is 30.8 Å². The number of amides is 1. The van der Waals surface area contributed by atoms with Gasteiger partial charge in [-0.25, -0.2) is 13.9 Å². The molecule has 1 saturated carbocycles. The first kappa shape index (κ1) is 30.9. The number of carbonyl (C=O) groups excluding carboxylic acids is 1. The number of sulfonamides is 1. The molecule has 0 radical (unpaired) electrons. The number of hydrogen-bond acceptors (Lipinski definition) is 7. The van der Waals surface area contributed by atoms with Crippen LogP contribution in [0.4, 0.5) is 5.69 Å². The fourth-order valence-electron chi connectivity index (χ4n) is 4.99. The first-order valence-corrected chi connectivity index (χ1v) is 14.0. The highest BCUT2D eigenvalue weighted by Gasteiger charge is 2.55. The topological polar surface area (TPSA) is 102 Å². The molecule has 9 nitrogen and oxygen atoms in total. The maximum atomic E-state index is 13.7. The molecule has 4 rings (SSSR count). The van der Waals surface area contributed by atoms with Crippen LogP contribution in [0.2, 0.25) is 0 Å². The lowest BCUT2D eigenvalue weighted by Gasteiger charge is -2.44. The van der Waals surface area contributed by atoms with E-state index in [0.29, 0.717) is 51.8 Å². The number of carbonyl (C=O) groups is 1. The van der Waals surface area contributed by atoms with E-state index in [4.69, 9.17) is 4.74 Å². The van der Waals surface area contributed by atoms with Crippen molar-refractivity contribution < 1.29 is 23.2 Å². The highest BCUT2D eigenvalue weighted by atomic mass is 35.5. The highest BCUT2D eigenvalue weighted by Crippen LogP contribution is 2.37. The van der Waals surface area contributed by atoms with Crippen LogP contribution in [0, 0.1) is 5.92 Å². The Labute approximate surface area is 227 Å². The molecule has 2 heterocycles. The van der Waals surface area contributed by atoms with Crippen LogP contribution in [0.1, 0.15) is 45.4 Å². The van der Waals surface area contributed by atoms with Crippen molar-refractivity contribution in [2.75, 3.05) is 57.3 Å². The molecule has 0 spiro atoms. The molecule has 0 unspecified atom stereocenters. The summed E-state index contributed by atoms with van der Waals surface area (Å²) in [6.07, 6.45) is 4.98. The Bertz CT molecular complexity index is 930. The molecular formula is C24H40Cl2N4O5S. The number of hydroxylamine groups is 1. The molecule has 12 heteroatoms. The molecule has 0 bridgehead atoms. The van der Waals surface area contributed by atoms with Gasteiger partial charge in [0, 0.05) is 51.5 Å². The predicted molar refractivity (Wildman–Crippen MR) is 145 cm³/mol. The molecule has 1 aromatic carbocycles. The van der Waals surface area contributed by atoms with Crippen molar-refractivity contribution in [3.05, 3.63) is 24.3 Å². The molecule has 2 N–H and O–H groups in total. The molecular weight excluding hydrogens is 527 g/mol. The van der Waals surface area contributed by atoms with Crippen molar-refractivity contribution in [3.63, 3.8) is 0 Å². The zero-order valence-corrected chi connectivity index (χ0v) is 23.4. The third-order valence-electron chi connectivity index (χ3n) is 7.43. The fraction of sp³-hybridized carbons (Fsp3) is 0.708. The minimum atomic E-state index is -3.93. The van der Waals surface area contributed by atoms with E-state index in [1.165, 1.54) is 17.1 Å². The second kappa shape index (κ2) is 13.5. The zero-order chi connectivity index (χ0) is 24.2. The van der Waals surface area contributed by atoms with Crippen LogP contribution in [-0.4, -0.2) is 85.9 Å². The number of nitrogens with zero attached hydrogens (tertiary/aromatic N) is 3. The Kier molecular flexibility index (Phi) is 11.6. The van der Waals surface area contributed by atoms with E-state index in [1.54, 1.807) is 5.48 Å². The van der Waals surface area contributed by atoms with Crippen LogP contribution in [-0.2, 0) is 14.8 Å². The van der Waals surface area contributed by atoms with Gasteiger partial charge in [-0.2, -0.15) is 4.31 Å². The maximum absolute atomic E-state index is 13.7. The predicted octanol–water partition coefficient (Wildman–Crippen LogP) is 2.91. The largest absolute Gasteiger partial charge is 0.494 e. The van der Waals surface area contributed by atoms with E-state index in [9.17, 15) is 18.4 Å². The summed E-state index contributed by atoms with van der Waals surface area (Å²) in [5.41, 5.74) is 2.69. The van der Waals surface area contributed by atoms with Crippen molar-refractivity contribution in [2.24, 2.45) is 5.92 Å². The number of likely N-dealkylation sites (tertiary alicyclic amines) is 1. The minimum absolute atomic E-state index is 0. The summed E-state index contributed by atoms with van der Waals surface area (Å²) >= 11 is 0. The van der Waals surface area contributed by atoms with Gasteiger partial charge in [0.05, 0.1) is 6.61 Å². The molecule has 3 fully saturated rings. The third kappa shape index (κ3) is 6.76. The summed E-state index contributed by atoms with van der Waals surface area (Å²) in [7, 11) is -3.93. The lowest BCUT2D eigenvalue weighted by molar-refractivity contribution is -0.133. The van der Waals surface area contributed by atoms with Crippen molar-refractivity contribution in [1.29, 1.82) is 0 Å². The summed E-state index contributed by atoms with van der Waals surface area (Å²) < 4.78 is 33.0. The molecule has 0 atom stereocenters. The highest BCUT2D eigenvalue weighted by molar-refractivity contribution is 7.91.